The third-order valence-electron chi connectivity index (χ3n) is 2.86. The second-order valence-electron chi connectivity index (χ2n) is 4.24. The fourth-order valence-electron chi connectivity index (χ4n) is 1.88. The van der Waals surface area contributed by atoms with Crippen LogP contribution < -0.4 is 0 Å². The minimum absolute atomic E-state index is 0.220. The first-order valence-electron chi connectivity index (χ1n) is 5.95. The molecule has 0 radical (unpaired) electrons. The number of benzene rings is 2. The standard InChI is InChI=1S/C15H13NO3S/c16-10-15(17)14-9-5-4-6-12(14)11-20(18,19)13-7-2-1-3-8-13/h1-10,16H,11H2. The van der Waals surface area contributed by atoms with Crippen molar-refractivity contribution in [2.75, 3.05) is 0 Å². The molecule has 5 heteroatoms. The molecule has 0 bridgehead atoms. The number of sulfone groups is 1. The van der Waals surface area contributed by atoms with E-state index in [4.69, 9.17) is 5.41 Å². The smallest absolute Gasteiger partial charge is 0.203 e. The van der Waals surface area contributed by atoms with Crippen molar-refractivity contribution in [3.63, 3.8) is 0 Å². The van der Waals surface area contributed by atoms with Gasteiger partial charge in [0.1, 0.15) is 0 Å². The Hall–Kier alpha value is -2.27. The van der Waals surface area contributed by atoms with E-state index in [0.717, 1.165) is 0 Å². The molecule has 0 heterocycles. The van der Waals surface area contributed by atoms with E-state index in [0.29, 0.717) is 11.8 Å². The van der Waals surface area contributed by atoms with Crippen molar-refractivity contribution < 1.29 is 13.2 Å². The molecule has 1 N–H and O–H groups in total. The Morgan fingerprint density at radius 2 is 1.60 bits per heavy atom. The van der Waals surface area contributed by atoms with E-state index in [2.05, 4.69) is 0 Å². The first-order chi connectivity index (χ1) is 9.54. The van der Waals surface area contributed by atoms with Gasteiger partial charge in [-0.25, -0.2) is 8.42 Å². The van der Waals surface area contributed by atoms with Crippen molar-refractivity contribution in [2.45, 2.75) is 10.6 Å². The van der Waals surface area contributed by atoms with Crippen LogP contribution in [0.3, 0.4) is 0 Å². The molecule has 0 aliphatic rings. The average molecular weight is 287 g/mol. The van der Waals surface area contributed by atoms with Crippen LogP contribution in [0.5, 0.6) is 0 Å². The monoisotopic (exact) mass is 287 g/mol. The Labute approximate surface area is 117 Å². The molecular weight excluding hydrogens is 274 g/mol. The van der Waals surface area contributed by atoms with Gasteiger partial charge in [-0.15, -0.1) is 0 Å². The Balaban J connectivity index is 2.40. The summed E-state index contributed by atoms with van der Waals surface area (Å²) < 4.78 is 24.6. The van der Waals surface area contributed by atoms with Gasteiger partial charge in [-0.2, -0.15) is 0 Å². The van der Waals surface area contributed by atoms with Crippen LogP contribution in [-0.4, -0.2) is 20.4 Å². The molecule has 4 nitrogen and oxygen atoms in total. The number of hydrogen-bond acceptors (Lipinski definition) is 4. The van der Waals surface area contributed by atoms with Gasteiger partial charge in [0.05, 0.1) is 16.9 Å². The normalized spacial score (nSPS) is 11.0. The number of carbonyl (C=O) groups is 1. The second kappa shape index (κ2) is 5.79. The van der Waals surface area contributed by atoms with Gasteiger partial charge in [-0.05, 0) is 17.7 Å². The van der Waals surface area contributed by atoms with Crippen LogP contribution in [0.15, 0.2) is 59.5 Å². The lowest BCUT2D eigenvalue weighted by molar-refractivity contribution is 0.106. The molecule has 2 rings (SSSR count). The minimum Gasteiger partial charge on any atom is -0.305 e. The topological polar surface area (TPSA) is 75.1 Å². The third kappa shape index (κ3) is 3.00. The Morgan fingerprint density at radius 1 is 1.00 bits per heavy atom. The van der Waals surface area contributed by atoms with E-state index >= 15 is 0 Å². The van der Waals surface area contributed by atoms with Crippen molar-refractivity contribution in [1.29, 1.82) is 5.41 Å². The van der Waals surface area contributed by atoms with E-state index in [1.54, 1.807) is 36.4 Å². The SMILES string of the molecule is N=CC(=O)c1ccccc1CS(=O)(=O)c1ccccc1. The molecule has 0 amide bonds. The number of rotatable bonds is 5. The van der Waals surface area contributed by atoms with E-state index in [1.165, 1.54) is 18.2 Å². The zero-order valence-electron chi connectivity index (χ0n) is 10.6. The van der Waals surface area contributed by atoms with E-state index in [1.807, 2.05) is 0 Å². The van der Waals surface area contributed by atoms with Gasteiger partial charge in [-0.3, -0.25) is 4.79 Å². The first-order valence-corrected chi connectivity index (χ1v) is 7.60. The van der Waals surface area contributed by atoms with E-state index in [-0.39, 0.29) is 16.2 Å². The number of carbonyl (C=O) groups excluding carboxylic acids is 1. The summed E-state index contributed by atoms with van der Waals surface area (Å²) in [5.41, 5.74) is 0.659. The molecular formula is C15H13NO3S. The summed E-state index contributed by atoms with van der Waals surface area (Å²) in [6.07, 6.45) is 0.688. The lowest BCUT2D eigenvalue weighted by Crippen LogP contribution is -2.10. The highest BCUT2D eigenvalue weighted by molar-refractivity contribution is 7.90. The number of hydrogen-bond donors (Lipinski definition) is 1. The minimum atomic E-state index is -3.50. The fraction of sp³-hybridized carbons (Fsp3) is 0.0667. The molecule has 0 aromatic heterocycles. The van der Waals surface area contributed by atoms with Crippen LogP contribution >= 0.6 is 0 Å². The zero-order valence-corrected chi connectivity index (χ0v) is 11.4. The van der Waals surface area contributed by atoms with Crippen molar-refractivity contribution in [3.8, 4) is 0 Å². The van der Waals surface area contributed by atoms with Crippen LogP contribution in [0.4, 0.5) is 0 Å². The largest absolute Gasteiger partial charge is 0.305 e. The number of nitrogens with one attached hydrogen (secondary N) is 1. The van der Waals surface area contributed by atoms with Gasteiger partial charge in [-0.1, -0.05) is 42.5 Å². The summed E-state index contributed by atoms with van der Waals surface area (Å²) in [6, 6.07) is 14.5. The van der Waals surface area contributed by atoms with Crippen LogP contribution in [-0.2, 0) is 15.6 Å². The van der Waals surface area contributed by atoms with Gasteiger partial charge in [0.15, 0.2) is 9.84 Å². The van der Waals surface area contributed by atoms with Crippen LogP contribution in [0.2, 0.25) is 0 Å². The number of ketones is 1. The van der Waals surface area contributed by atoms with Crippen molar-refractivity contribution in [3.05, 3.63) is 65.7 Å². The van der Waals surface area contributed by atoms with Gasteiger partial charge >= 0.3 is 0 Å². The average Bonchev–Trinajstić information content (AvgIpc) is 2.47. The molecule has 2 aromatic carbocycles. The highest BCUT2D eigenvalue weighted by atomic mass is 32.2. The maximum atomic E-state index is 12.3. The molecule has 102 valence electrons. The van der Waals surface area contributed by atoms with Gasteiger partial charge in [0.2, 0.25) is 5.78 Å². The van der Waals surface area contributed by atoms with E-state index in [9.17, 15) is 13.2 Å². The molecule has 0 fully saturated rings. The van der Waals surface area contributed by atoms with Crippen molar-refractivity contribution in [1.82, 2.24) is 0 Å². The zero-order chi connectivity index (χ0) is 14.6. The summed E-state index contributed by atoms with van der Waals surface area (Å²) >= 11 is 0. The Morgan fingerprint density at radius 3 is 2.25 bits per heavy atom. The predicted molar refractivity (Wildman–Crippen MR) is 76.9 cm³/mol. The molecule has 0 unspecified atom stereocenters. The van der Waals surface area contributed by atoms with Crippen LogP contribution in [0.1, 0.15) is 15.9 Å². The molecule has 0 atom stereocenters. The summed E-state index contributed by atoms with van der Waals surface area (Å²) in [6.45, 7) is 0. The quantitative estimate of drug-likeness (QED) is 0.678. The predicted octanol–water partition coefficient (Wildman–Crippen LogP) is 2.49. The maximum Gasteiger partial charge on any atom is 0.203 e. The lowest BCUT2D eigenvalue weighted by Gasteiger charge is -2.08. The third-order valence-corrected chi connectivity index (χ3v) is 4.54. The van der Waals surface area contributed by atoms with Crippen LogP contribution in [0.25, 0.3) is 0 Å². The molecule has 0 spiro atoms. The molecule has 0 aliphatic carbocycles. The lowest BCUT2D eigenvalue weighted by atomic mass is 10.1. The highest BCUT2D eigenvalue weighted by Gasteiger charge is 2.18. The Bertz CT molecular complexity index is 737. The van der Waals surface area contributed by atoms with Crippen molar-refractivity contribution >= 4 is 21.8 Å². The van der Waals surface area contributed by atoms with E-state index < -0.39 is 15.6 Å². The molecule has 0 saturated carbocycles. The maximum absolute atomic E-state index is 12.3. The summed E-state index contributed by atoms with van der Waals surface area (Å²) in [5.74, 6) is -0.754. The summed E-state index contributed by atoms with van der Waals surface area (Å²) in [5, 5.41) is 7.01. The van der Waals surface area contributed by atoms with Crippen molar-refractivity contribution in [2.24, 2.45) is 0 Å². The number of Topliss-reactive ketones (excluding diaryl/α,β-unsaturated/α-hetero) is 1. The molecule has 0 aliphatic heterocycles. The summed E-state index contributed by atoms with van der Waals surface area (Å²) in [4.78, 5) is 11.8. The molecule has 20 heavy (non-hydrogen) atoms. The van der Waals surface area contributed by atoms with Gasteiger partial charge < -0.3 is 5.41 Å². The summed E-state index contributed by atoms with van der Waals surface area (Å²) in [7, 11) is -3.50. The molecule has 0 saturated heterocycles. The van der Waals surface area contributed by atoms with Gasteiger partial charge in [0, 0.05) is 5.56 Å². The second-order valence-corrected chi connectivity index (χ2v) is 6.23. The van der Waals surface area contributed by atoms with Crippen LogP contribution in [0, 0.1) is 5.41 Å². The first kappa shape index (κ1) is 14.1. The highest BCUT2D eigenvalue weighted by Crippen LogP contribution is 2.19. The Kier molecular flexibility index (Phi) is 4.10. The van der Waals surface area contributed by atoms with Gasteiger partial charge in [0.25, 0.3) is 0 Å². The molecule has 2 aromatic rings. The fourth-order valence-corrected chi connectivity index (χ4v) is 3.28.